The Morgan fingerprint density at radius 2 is 1.94 bits per heavy atom. The highest BCUT2D eigenvalue weighted by Crippen LogP contribution is 2.31. The van der Waals surface area contributed by atoms with Gasteiger partial charge in [-0.1, -0.05) is 30.3 Å². The van der Waals surface area contributed by atoms with E-state index in [0.29, 0.717) is 12.8 Å². The van der Waals surface area contributed by atoms with E-state index in [1.165, 1.54) is 0 Å². The van der Waals surface area contributed by atoms with E-state index >= 15 is 0 Å². The third-order valence-electron chi connectivity index (χ3n) is 2.38. The van der Waals surface area contributed by atoms with Crippen LogP contribution in [0.25, 0.3) is 0 Å². The Morgan fingerprint density at radius 1 is 1.33 bits per heavy atom. The van der Waals surface area contributed by atoms with Crippen LogP contribution in [0.5, 0.6) is 0 Å². The molecule has 0 aliphatic heterocycles. The van der Waals surface area contributed by atoms with Crippen molar-refractivity contribution in [3.63, 3.8) is 0 Å². The lowest BCUT2D eigenvalue weighted by molar-refractivity contribution is -0.122. The van der Waals surface area contributed by atoms with Gasteiger partial charge in [-0.15, -0.1) is 0 Å². The summed E-state index contributed by atoms with van der Waals surface area (Å²) >= 11 is 0. The molecule has 100 valence electrons. The molecule has 18 heavy (non-hydrogen) atoms. The van der Waals surface area contributed by atoms with E-state index in [1.807, 2.05) is 30.3 Å². The second-order valence-corrected chi connectivity index (χ2v) is 5.64. The fourth-order valence-electron chi connectivity index (χ4n) is 1.41. The fraction of sp³-hybridized carbons (Fsp3) is 0.364. The van der Waals surface area contributed by atoms with E-state index in [4.69, 9.17) is 15.5 Å². The molecule has 0 spiro atoms. The predicted molar refractivity (Wildman–Crippen MR) is 67.8 cm³/mol. The van der Waals surface area contributed by atoms with Crippen molar-refractivity contribution in [3.05, 3.63) is 35.9 Å². The first kappa shape index (κ1) is 14.9. The lowest BCUT2D eigenvalue weighted by atomic mass is 10.1. The molecule has 0 aromatic heterocycles. The first-order valence-corrected chi connectivity index (χ1v) is 7.30. The van der Waals surface area contributed by atoms with Crippen molar-refractivity contribution in [2.24, 2.45) is 5.73 Å². The van der Waals surface area contributed by atoms with Gasteiger partial charge in [-0.25, -0.2) is 0 Å². The largest absolute Gasteiger partial charge is 0.344 e. The van der Waals surface area contributed by atoms with Gasteiger partial charge in [0.15, 0.2) is 0 Å². The van der Waals surface area contributed by atoms with Crippen LogP contribution < -0.4 is 11.1 Å². The quantitative estimate of drug-likeness (QED) is 0.552. The summed E-state index contributed by atoms with van der Waals surface area (Å²) in [6, 6.07) is 8.79. The molecule has 1 aromatic rings. The minimum Gasteiger partial charge on any atom is -0.343 e. The van der Waals surface area contributed by atoms with Crippen molar-refractivity contribution in [1.29, 1.82) is 0 Å². The van der Waals surface area contributed by atoms with Crippen LogP contribution in [0.2, 0.25) is 0 Å². The van der Waals surface area contributed by atoms with E-state index in [0.717, 1.165) is 5.56 Å². The van der Waals surface area contributed by atoms with Crippen molar-refractivity contribution >= 4 is 13.5 Å². The average Bonchev–Trinajstić information content (AvgIpc) is 2.33. The summed E-state index contributed by atoms with van der Waals surface area (Å²) in [5.74, 6) is -0.547. The molecule has 0 aliphatic rings. The Morgan fingerprint density at radius 3 is 2.50 bits per heavy atom. The number of aryl methyl sites for hydroxylation is 1. The third kappa shape index (κ3) is 5.93. The number of hydrogen-bond donors (Lipinski definition) is 4. The summed E-state index contributed by atoms with van der Waals surface area (Å²) < 4.78 is 10.6. The van der Waals surface area contributed by atoms with E-state index in [1.54, 1.807) is 0 Å². The fourth-order valence-corrected chi connectivity index (χ4v) is 1.77. The molecule has 1 rings (SSSR count). The highest BCUT2D eigenvalue weighted by Gasteiger charge is 2.18. The Bertz CT molecular complexity index is 432. The average molecular weight is 272 g/mol. The van der Waals surface area contributed by atoms with Gasteiger partial charge in [-0.2, -0.15) is 0 Å². The lowest BCUT2D eigenvalue weighted by Gasteiger charge is -2.12. The molecule has 5 N–H and O–H groups in total. The number of nitrogens with two attached hydrogens (primary N) is 1. The van der Waals surface area contributed by atoms with Crippen LogP contribution in [0.15, 0.2) is 30.3 Å². The summed E-state index contributed by atoms with van der Waals surface area (Å²) in [6.07, 6.45) is 0.396. The van der Waals surface area contributed by atoms with Crippen LogP contribution in [0.3, 0.4) is 0 Å². The third-order valence-corrected chi connectivity index (χ3v) is 2.95. The van der Waals surface area contributed by atoms with Crippen LogP contribution >= 0.6 is 7.60 Å². The normalized spacial score (nSPS) is 13.1. The molecule has 1 atom stereocenters. The molecule has 0 saturated carbocycles. The van der Waals surface area contributed by atoms with Gasteiger partial charge in [-0.05, 0) is 18.4 Å². The molecule has 0 bridgehead atoms. The van der Waals surface area contributed by atoms with Crippen LogP contribution in [0.1, 0.15) is 12.0 Å². The standard InChI is InChI=1S/C11H17N2O4P/c12-10(11(14)13-8-18(15,16)17)7-6-9-4-2-1-3-5-9/h1-5,10H,6-8,12H2,(H,13,14)(H2,15,16,17)/t10-/m0/s1. The van der Waals surface area contributed by atoms with Gasteiger partial charge in [0.2, 0.25) is 5.91 Å². The molecule has 0 saturated heterocycles. The molecule has 1 amide bonds. The maximum absolute atomic E-state index is 11.4. The van der Waals surface area contributed by atoms with Crippen LogP contribution in [0.4, 0.5) is 0 Å². The molecule has 6 nitrogen and oxygen atoms in total. The van der Waals surface area contributed by atoms with Crippen molar-refractivity contribution < 1.29 is 19.1 Å². The van der Waals surface area contributed by atoms with E-state index in [2.05, 4.69) is 5.32 Å². The molecule has 0 unspecified atom stereocenters. The number of benzene rings is 1. The Labute approximate surface area is 105 Å². The topological polar surface area (TPSA) is 113 Å². The number of hydrogen-bond acceptors (Lipinski definition) is 3. The van der Waals surface area contributed by atoms with Crippen LogP contribution in [0, 0.1) is 0 Å². The summed E-state index contributed by atoms with van der Waals surface area (Å²) in [5, 5.41) is 2.13. The smallest absolute Gasteiger partial charge is 0.343 e. The second kappa shape index (κ2) is 6.66. The summed E-state index contributed by atoms with van der Waals surface area (Å²) in [6.45, 7) is 0. The number of rotatable bonds is 6. The number of nitrogens with one attached hydrogen (secondary N) is 1. The van der Waals surface area contributed by atoms with E-state index in [9.17, 15) is 9.36 Å². The van der Waals surface area contributed by atoms with Gasteiger partial charge in [0.25, 0.3) is 0 Å². The molecule has 0 fully saturated rings. The van der Waals surface area contributed by atoms with Crippen LogP contribution in [-0.4, -0.2) is 28.0 Å². The maximum Gasteiger partial charge on any atom is 0.344 e. The first-order chi connectivity index (χ1) is 8.38. The first-order valence-electron chi connectivity index (χ1n) is 5.50. The summed E-state index contributed by atoms with van der Waals surface area (Å²) in [5.41, 5.74) is 6.69. The van der Waals surface area contributed by atoms with Crippen molar-refractivity contribution in [2.75, 3.05) is 6.29 Å². The molecule has 0 aliphatic carbocycles. The van der Waals surface area contributed by atoms with Gasteiger partial charge < -0.3 is 20.8 Å². The van der Waals surface area contributed by atoms with Crippen molar-refractivity contribution in [3.8, 4) is 0 Å². The van der Waals surface area contributed by atoms with E-state index in [-0.39, 0.29) is 0 Å². The molecular weight excluding hydrogens is 255 g/mol. The number of carbonyl (C=O) groups excluding carboxylic acids is 1. The number of carbonyl (C=O) groups is 1. The minimum atomic E-state index is -4.22. The molecule has 0 radical (unpaired) electrons. The molecule has 1 aromatic carbocycles. The van der Waals surface area contributed by atoms with Crippen molar-refractivity contribution in [1.82, 2.24) is 5.32 Å². The van der Waals surface area contributed by atoms with Crippen LogP contribution in [-0.2, 0) is 15.8 Å². The monoisotopic (exact) mass is 272 g/mol. The highest BCUT2D eigenvalue weighted by atomic mass is 31.2. The summed E-state index contributed by atoms with van der Waals surface area (Å²) in [7, 11) is -4.22. The maximum atomic E-state index is 11.4. The van der Waals surface area contributed by atoms with Gasteiger partial charge in [-0.3, -0.25) is 9.36 Å². The van der Waals surface area contributed by atoms with Gasteiger partial charge in [0.1, 0.15) is 6.29 Å². The zero-order valence-electron chi connectivity index (χ0n) is 9.82. The lowest BCUT2D eigenvalue weighted by Crippen LogP contribution is -2.41. The van der Waals surface area contributed by atoms with Gasteiger partial charge in [0.05, 0.1) is 6.04 Å². The van der Waals surface area contributed by atoms with E-state index < -0.39 is 25.8 Å². The SMILES string of the molecule is N[C@@H](CCc1ccccc1)C(=O)NCP(=O)(O)O. The highest BCUT2D eigenvalue weighted by molar-refractivity contribution is 7.51. The Hall–Kier alpha value is -1.20. The zero-order chi connectivity index (χ0) is 13.6. The second-order valence-electron chi connectivity index (χ2n) is 3.99. The zero-order valence-corrected chi connectivity index (χ0v) is 10.7. The Balaban J connectivity index is 2.34. The minimum absolute atomic E-state index is 0.428. The number of amides is 1. The van der Waals surface area contributed by atoms with Gasteiger partial charge >= 0.3 is 7.60 Å². The Kier molecular flexibility index (Phi) is 5.50. The van der Waals surface area contributed by atoms with Gasteiger partial charge in [0, 0.05) is 0 Å². The molecular formula is C11H17N2O4P. The molecule has 7 heteroatoms. The molecule has 0 heterocycles. The summed E-state index contributed by atoms with van der Waals surface area (Å²) in [4.78, 5) is 28.7. The van der Waals surface area contributed by atoms with Crippen molar-refractivity contribution in [2.45, 2.75) is 18.9 Å². The predicted octanol–water partition coefficient (Wildman–Crippen LogP) is 0.198.